The molecule has 1 heterocycles. The Bertz CT molecular complexity index is 827. The second kappa shape index (κ2) is 7.08. The molecule has 0 radical (unpaired) electrons. The van der Waals surface area contributed by atoms with E-state index in [-0.39, 0.29) is 5.82 Å². The van der Waals surface area contributed by atoms with Gasteiger partial charge >= 0.3 is 0 Å². The highest BCUT2D eigenvalue weighted by Crippen LogP contribution is 2.28. The number of halogens is 1. The fraction of sp³-hybridized carbons (Fsp3) is 0.0556. The topological polar surface area (TPSA) is 35.4 Å². The van der Waals surface area contributed by atoms with Gasteiger partial charge in [-0.25, -0.2) is 4.39 Å². The minimum absolute atomic E-state index is 0.258. The molecular weight excluding hydrogens is 329 g/mol. The van der Waals surface area contributed by atoms with E-state index in [2.05, 4.69) is 4.40 Å². The third kappa shape index (κ3) is 4.07. The first-order chi connectivity index (χ1) is 11.1. The van der Waals surface area contributed by atoms with Crippen molar-refractivity contribution >= 4 is 28.9 Å². The first kappa shape index (κ1) is 15.9. The molecule has 0 amide bonds. The molecule has 0 fully saturated rings. The number of thiophene rings is 1. The average molecular weight is 343 g/mol. The molecule has 2 aromatic carbocycles. The summed E-state index contributed by atoms with van der Waals surface area (Å²) in [6.45, 7) is 1.98. The number of hydrogen-bond donors (Lipinski definition) is 0. The standard InChI is InChI=1S/C18H14FNOS2/c1-13-5-8-17(9-6-13)23(21)20-12-16-7-10-18(22-16)14-3-2-4-15(19)11-14/h2-12H,1H3. The first-order valence-electron chi connectivity index (χ1n) is 7.00. The van der Waals surface area contributed by atoms with Gasteiger partial charge in [-0.3, -0.25) is 0 Å². The molecule has 5 heteroatoms. The molecule has 3 rings (SSSR count). The Balaban J connectivity index is 1.74. The summed E-state index contributed by atoms with van der Waals surface area (Å²) in [5.74, 6) is -0.258. The lowest BCUT2D eigenvalue weighted by Gasteiger charge is -2.02. The summed E-state index contributed by atoms with van der Waals surface area (Å²) in [4.78, 5) is 2.51. The molecule has 2 nitrogen and oxygen atoms in total. The molecule has 116 valence electrons. The Morgan fingerprint density at radius 2 is 1.87 bits per heavy atom. The predicted octanol–water partition coefficient (Wildman–Crippen LogP) is 5.00. The highest BCUT2D eigenvalue weighted by Gasteiger charge is 2.09. The monoisotopic (exact) mass is 343 g/mol. The van der Waals surface area contributed by atoms with Gasteiger partial charge < -0.3 is 4.55 Å². The van der Waals surface area contributed by atoms with Crippen LogP contribution in [0.2, 0.25) is 0 Å². The quantitative estimate of drug-likeness (QED) is 0.485. The van der Waals surface area contributed by atoms with Crippen LogP contribution in [-0.4, -0.2) is 10.8 Å². The molecule has 3 aromatic rings. The molecule has 1 atom stereocenters. The van der Waals surface area contributed by atoms with E-state index in [1.807, 2.05) is 49.4 Å². The van der Waals surface area contributed by atoms with Gasteiger partial charge in [0.25, 0.3) is 0 Å². The molecular formula is C18H14FNOS2. The Morgan fingerprint density at radius 3 is 2.61 bits per heavy atom. The molecule has 1 unspecified atom stereocenters. The minimum atomic E-state index is -1.41. The van der Waals surface area contributed by atoms with Crippen LogP contribution < -0.4 is 0 Å². The molecule has 1 aromatic heterocycles. The molecule has 23 heavy (non-hydrogen) atoms. The summed E-state index contributed by atoms with van der Waals surface area (Å²) in [6, 6.07) is 17.7. The molecule has 0 saturated carbocycles. The maximum Gasteiger partial charge on any atom is 0.182 e. The van der Waals surface area contributed by atoms with Gasteiger partial charge in [0.2, 0.25) is 0 Å². The summed E-state index contributed by atoms with van der Waals surface area (Å²) in [5, 5.41) is 0. The first-order valence-corrected chi connectivity index (χ1v) is 8.92. The molecule has 0 aliphatic carbocycles. The van der Waals surface area contributed by atoms with Gasteiger partial charge in [-0.2, -0.15) is 0 Å². The van der Waals surface area contributed by atoms with Crippen molar-refractivity contribution in [3.8, 4) is 10.4 Å². The van der Waals surface area contributed by atoms with Crippen LogP contribution in [0.3, 0.4) is 0 Å². The number of aryl methyl sites for hydroxylation is 1. The van der Waals surface area contributed by atoms with E-state index in [0.29, 0.717) is 4.90 Å². The molecule has 0 saturated heterocycles. The number of benzene rings is 2. The van der Waals surface area contributed by atoms with Crippen molar-refractivity contribution in [2.24, 2.45) is 4.40 Å². The van der Waals surface area contributed by atoms with Crippen LogP contribution in [0.5, 0.6) is 0 Å². The summed E-state index contributed by atoms with van der Waals surface area (Å²) in [6.07, 6.45) is 1.60. The van der Waals surface area contributed by atoms with Crippen LogP contribution in [0.1, 0.15) is 10.4 Å². The van der Waals surface area contributed by atoms with Gasteiger partial charge in [0.1, 0.15) is 17.2 Å². The van der Waals surface area contributed by atoms with Crippen molar-refractivity contribution in [3.05, 3.63) is 76.9 Å². The Labute approximate surface area is 141 Å². The summed E-state index contributed by atoms with van der Waals surface area (Å²) in [5.41, 5.74) is 1.95. The van der Waals surface area contributed by atoms with E-state index >= 15 is 0 Å². The number of rotatable bonds is 4. The lowest BCUT2D eigenvalue weighted by molar-refractivity contribution is 0.597. The fourth-order valence-corrected chi connectivity index (χ4v) is 3.68. The largest absolute Gasteiger partial charge is 0.586 e. The van der Waals surface area contributed by atoms with Crippen molar-refractivity contribution in [2.45, 2.75) is 11.8 Å². The van der Waals surface area contributed by atoms with E-state index in [9.17, 15) is 8.94 Å². The van der Waals surface area contributed by atoms with E-state index in [0.717, 1.165) is 20.9 Å². The van der Waals surface area contributed by atoms with Gasteiger partial charge in [-0.15, -0.1) is 11.3 Å². The smallest absolute Gasteiger partial charge is 0.182 e. The van der Waals surface area contributed by atoms with E-state index in [4.69, 9.17) is 0 Å². The SMILES string of the molecule is Cc1ccc([S+]([O-])N=Cc2ccc(-c3cccc(F)c3)s2)cc1. The third-order valence-corrected chi connectivity index (χ3v) is 5.28. The fourth-order valence-electron chi connectivity index (χ4n) is 2.03. The molecule has 0 aliphatic rings. The second-order valence-electron chi connectivity index (χ2n) is 5.01. The third-order valence-electron chi connectivity index (χ3n) is 3.23. The molecule has 0 bridgehead atoms. The van der Waals surface area contributed by atoms with Crippen molar-refractivity contribution in [2.75, 3.05) is 0 Å². The van der Waals surface area contributed by atoms with Crippen LogP contribution in [-0.2, 0) is 11.4 Å². The van der Waals surface area contributed by atoms with E-state index < -0.39 is 11.4 Å². The average Bonchev–Trinajstić information content (AvgIpc) is 3.02. The Kier molecular flexibility index (Phi) is 4.91. The Morgan fingerprint density at radius 1 is 1.09 bits per heavy atom. The van der Waals surface area contributed by atoms with Crippen LogP contribution in [0.15, 0.2) is 70.0 Å². The zero-order chi connectivity index (χ0) is 16.2. The predicted molar refractivity (Wildman–Crippen MR) is 94.9 cm³/mol. The lowest BCUT2D eigenvalue weighted by Crippen LogP contribution is -1.97. The highest BCUT2D eigenvalue weighted by molar-refractivity contribution is 7.90. The molecule has 0 N–H and O–H groups in total. The summed E-state index contributed by atoms with van der Waals surface area (Å²) < 4.78 is 29.5. The van der Waals surface area contributed by atoms with Crippen molar-refractivity contribution in [1.82, 2.24) is 0 Å². The highest BCUT2D eigenvalue weighted by atomic mass is 32.2. The number of hydrogen-bond acceptors (Lipinski definition) is 3. The van der Waals surface area contributed by atoms with Crippen LogP contribution in [0.25, 0.3) is 10.4 Å². The van der Waals surface area contributed by atoms with Crippen molar-refractivity contribution in [1.29, 1.82) is 0 Å². The van der Waals surface area contributed by atoms with Gasteiger partial charge in [-0.05, 0) is 48.9 Å². The molecule has 0 aliphatic heterocycles. The zero-order valence-corrected chi connectivity index (χ0v) is 14.0. The normalized spacial score (nSPS) is 12.7. The van der Waals surface area contributed by atoms with Crippen LogP contribution in [0.4, 0.5) is 4.39 Å². The second-order valence-corrected chi connectivity index (χ2v) is 7.30. The van der Waals surface area contributed by atoms with E-state index in [1.54, 1.807) is 12.3 Å². The van der Waals surface area contributed by atoms with E-state index in [1.165, 1.54) is 23.5 Å². The van der Waals surface area contributed by atoms with Crippen LogP contribution in [0, 0.1) is 12.7 Å². The molecule has 0 spiro atoms. The van der Waals surface area contributed by atoms with Crippen molar-refractivity contribution < 1.29 is 8.94 Å². The van der Waals surface area contributed by atoms with Crippen molar-refractivity contribution in [3.63, 3.8) is 0 Å². The van der Waals surface area contributed by atoms with Gasteiger partial charge in [0.15, 0.2) is 4.90 Å². The lowest BCUT2D eigenvalue weighted by atomic mass is 10.2. The summed E-state index contributed by atoms with van der Waals surface area (Å²) in [7, 11) is 0. The number of nitrogens with zero attached hydrogens (tertiary/aromatic N) is 1. The Hall–Kier alpha value is -1.95. The van der Waals surface area contributed by atoms with Gasteiger partial charge in [0, 0.05) is 4.88 Å². The van der Waals surface area contributed by atoms with Gasteiger partial charge in [0.05, 0.1) is 11.1 Å². The zero-order valence-electron chi connectivity index (χ0n) is 12.4. The maximum absolute atomic E-state index is 13.3. The van der Waals surface area contributed by atoms with Crippen LogP contribution >= 0.6 is 11.3 Å². The minimum Gasteiger partial charge on any atom is -0.586 e. The maximum atomic E-state index is 13.3. The van der Waals surface area contributed by atoms with Gasteiger partial charge in [-0.1, -0.05) is 34.2 Å². The summed E-state index contributed by atoms with van der Waals surface area (Å²) >= 11 is 0.0689.